The molecule has 0 saturated carbocycles. The molecule has 4 nitrogen and oxygen atoms in total. The minimum atomic E-state index is -3.23. The first-order valence-electron chi connectivity index (χ1n) is 7.62. The van der Waals surface area contributed by atoms with Gasteiger partial charge in [-0.3, -0.25) is 0 Å². The third kappa shape index (κ3) is 4.80. The highest BCUT2D eigenvalue weighted by molar-refractivity contribution is 7.88. The highest BCUT2D eigenvalue weighted by atomic mass is 32.2. The topological polar surface area (TPSA) is 46.6 Å². The Morgan fingerprint density at radius 1 is 1.29 bits per heavy atom. The molecule has 0 N–H and O–H groups in total. The molecule has 0 aromatic heterocycles. The number of piperidine rings is 1. The van der Waals surface area contributed by atoms with Crippen LogP contribution in [0.25, 0.3) is 0 Å². The number of rotatable bonds is 6. The minimum Gasteiger partial charge on any atom is -0.381 e. The van der Waals surface area contributed by atoms with Crippen molar-refractivity contribution in [2.24, 2.45) is 5.92 Å². The molecule has 0 aliphatic carbocycles. The van der Waals surface area contributed by atoms with Crippen LogP contribution in [0, 0.1) is 12.8 Å². The van der Waals surface area contributed by atoms with Crippen LogP contribution in [-0.2, 0) is 20.5 Å². The van der Waals surface area contributed by atoms with Crippen molar-refractivity contribution in [3.63, 3.8) is 0 Å². The highest BCUT2D eigenvalue weighted by Gasteiger charge is 2.28. The first-order valence-corrected chi connectivity index (χ1v) is 9.23. The Bertz CT molecular complexity index is 539. The van der Waals surface area contributed by atoms with Crippen molar-refractivity contribution in [2.75, 3.05) is 26.3 Å². The molecule has 2 rings (SSSR count). The first kappa shape index (κ1) is 16.5. The van der Waals surface area contributed by atoms with Crippen molar-refractivity contribution < 1.29 is 13.2 Å². The quantitative estimate of drug-likeness (QED) is 0.811. The minimum absolute atomic E-state index is 0.0919. The molecule has 1 aliphatic heterocycles. The van der Waals surface area contributed by atoms with E-state index in [1.807, 2.05) is 38.1 Å². The van der Waals surface area contributed by atoms with Gasteiger partial charge in [0.1, 0.15) is 0 Å². The van der Waals surface area contributed by atoms with Gasteiger partial charge in [-0.15, -0.1) is 0 Å². The number of hydrogen-bond donors (Lipinski definition) is 0. The number of sulfonamides is 1. The van der Waals surface area contributed by atoms with Crippen LogP contribution >= 0.6 is 0 Å². The van der Waals surface area contributed by atoms with Crippen LogP contribution in [-0.4, -0.2) is 39.0 Å². The van der Waals surface area contributed by atoms with Crippen molar-refractivity contribution in [3.05, 3.63) is 35.4 Å². The van der Waals surface area contributed by atoms with Crippen molar-refractivity contribution in [1.82, 2.24) is 4.31 Å². The van der Waals surface area contributed by atoms with E-state index < -0.39 is 10.0 Å². The van der Waals surface area contributed by atoms with Crippen molar-refractivity contribution in [3.8, 4) is 0 Å². The summed E-state index contributed by atoms with van der Waals surface area (Å²) in [5.74, 6) is 0.417. The zero-order valence-corrected chi connectivity index (χ0v) is 13.7. The third-order valence-corrected chi connectivity index (χ3v) is 5.72. The van der Waals surface area contributed by atoms with E-state index in [0.717, 1.165) is 24.0 Å². The third-order valence-electron chi connectivity index (χ3n) is 3.90. The summed E-state index contributed by atoms with van der Waals surface area (Å²) >= 11 is 0. The molecule has 1 aromatic carbocycles. The summed E-state index contributed by atoms with van der Waals surface area (Å²) in [5, 5.41) is 0. The van der Waals surface area contributed by atoms with Gasteiger partial charge in [0, 0.05) is 19.7 Å². The van der Waals surface area contributed by atoms with E-state index in [1.165, 1.54) is 0 Å². The van der Waals surface area contributed by atoms with E-state index >= 15 is 0 Å². The van der Waals surface area contributed by atoms with Gasteiger partial charge in [-0.1, -0.05) is 29.8 Å². The Kier molecular flexibility index (Phi) is 5.79. The van der Waals surface area contributed by atoms with E-state index in [1.54, 1.807) is 4.31 Å². The molecule has 1 unspecified atom stereocenters. The summed E-state index contributed by atoms with van der Waals surface area (Å²) in [7, 11) is -3.23. The number of ether oxygens (including phenoxy) is 1. The van der Waals surface area contributed by atoms with Crippen LogP contribution in [0.15, 0.2) is 24.3 Å². The Morgan fingerprint density at radius 2 is 2.00 bits per heavy atom. The summed E-state index contributed by atoms with van der Waals surface area (Å²) < 4.78 is 32.2. The lowest BCUT2D eigenvalue weighted by atomic mass is 10.0. The predicted molar refractivity (Wildman–Crippen MR) is 84.6 cm³/mol. The van der Waals surface area contributed by atoms with Gasteiger partial charge < -0.3 is 4.74 Å². The number of benzene rings is 1. The second-order valence-electron chi connectivity index (χ2n) is 5.77. The molecule has 118 valence electrons. The maximum atomic E-state index is 12.5. The van der Waals surface area contributed by atoms with Crippen molar-refractivity contribution in [2.45, 2.75) is 32.4 Å². The number of aryl methyl sites for hydroxylation is 1. The summed E-state index contributed by atoms with van der Waals surface area (Å²) in [4.78, 5) is 0. The molecule has 1 saturated heterocycles. The zero-order chi connectivity index (χ0) is 15.3. The Hall–Kier alpha value is -0.910. The van der Waals surface area contributed by atoms with E-state index in [-0.39, 0.29) is 5.75 Å². The molecule has 0 amide bonds. The monoisotopic (exact) mass is 311 g/mol. The maximum Gasteiger partial charge on any atom is 0.218 e. The Labute approximate surface area is 128 Å². The van der Waals surface area contributed by atoms with Crippen LogP contribution in [0.2, 0.25) is 0 Å². The highest BCUT2D eigenvalue weighted by Crippen LogP contribution is 2.21. The normalized spacial score (nSPS) is 20.6. The zero-order valence-electron chi connectivity index (χ0n) is 12.9. The second kappa shape index (κ2) is 7.38. The molecule has 0 bridgehead atoms. The molecule has 0 radical (unpaired) electrons. The molecule has 1 aliphatic rings. The van der Waals surface area contributed by atoms with Crippen LogP contribution in [0.5, 0.6) is 0 Å². The average Bonchev–Trinajstić information content (AvgIpc) is 2.48. The van der Waals surface area contributed by atoms with Gasteiger partial charge in [-0.2, -0.15) is 0 Å². The first-order chi connectivity index (χ1) is 10.0. The maximum absolute atomic E-state index is 12.5. The van der Waals surface area contributed by atoms with Gasteiger partial charge in [-0.25, -0.2) is 12.7 Å². The van der Waals surface area contributed by atoms with E-state index in [2.05, 4.69) is 0 Å². The van der Waals surface area contributed by atoms with E-state index in [0.29, 0.717) is 32.2 Å². The van der Waals surface area contributed by atoms with Gasteiger partial charge in [0.05, 0.1) is 12.4 Å². The fraction of sp³-hybridized carbons (Fsp3) is 0.625. The van der Waals surface area contributed by atoms with Gasteiger partial charge in [-0.05, 0) is 38.2 Å². The Morgan fingerprint density at radius 3 is 2.67 bits per heavy atom. The van der Waals surface area contributed by atoms with Gasteiger partial charge in [0.25, 0.3) is 0 Å². The van der Waals surface area contributed by atoms with Gasteiger partial charge in [0.2, 0.25) is 10.0 Å². The fourth-order valence-electron chi connectivity index (χ4n) is 2.69. The van der Waals surface area contributed by atoms with Crippen LogP contribution in [0.1, 0.15) is 30.9 Å². The van der Waals surface area contributed by atoms with E-state index in [9.17, 15) is 8.42 Å². The lowest BCUT2D eigenvalue weighted by molar-refractivity contribution is 0.0864. The molecule has 1 aromatic rings. The largest absolute Gasteiger partial charge is 0.381 e. The lowest BCUT2D eigenvalue weighted by Crippen LogP contribution is -2.41. The molecular formula is C16H25NO3S. The number of nitrogens with zero attached hydrogens (tertiary/aromatic N) is 1. The van der Waals surface area contributed by atoms with Crippen LogP contribution < -0.4 is 0 Å². The summed E-state index contributed by atoms with van der Waals surface area (Å²) in [6, 6.07) is 7.71. The van der Waals surface area contributed by atoms with Gasteiger partial charge in [0.15, 0.2) is 0 Å². The standard InChI is InChI=1S/C16H25NO3S/c1-3-20-12-16-5-4-10-17(11-16)21(18,19)13-15-8-6-14(2)7-9-15/h6-9,16H,3-5,10-13H2,1-2H3. The second-order valence-corrected chi connectivity index (χ2v) is 7.74. The van der Waals surface area contributed by atoms with Crippen LogP contribution in [0.3, 0.4) is 0 Å². The van der Waals surface area contributed by atoms with Crippen LogP contribution in [0.4, 0.5) is 0 Å². The molecule has 5 heteroatoms. The number of hydrogen-bond acceptors (Lipinski definition) is 3. The molecule has 1 atom stereocenters. The SMILES string of the molecule is CCOCC1CCCN(S(=O)(=O)Cc2ccc(C)cc2)C1. The van der Waals surface area contributed by atoms with Crippen molar-refractivity contribution >= 4 is 10.0 Å². The average molecular weight is 311 g/mol. The lowest BCUT2D eigenvalue weighted by Gasteiger charge is -2.31. The molecule has 0 spiro atoms. The summed E-state index contributed by atoms with van der Waals surface area (Å²) in [6.07, 6.45) is 1.97. The summed E-state index contributed by atoms with van der Waals surface area (Å²) in [6.45, 7) is 6.54. The Balaban J connectivity index is 1.99. The van der Waals surface area contributed by atoms with Crippen molar-refractivity contribution in [1.29, 1.82) is 0 Å². The predicted octanol–water partition coefficient (Wildman–Crippen LogP) is 2.57. The molecule has 1 fully saturated rings. The molecular weight excluding hydrogens is 286 g/mol. The molecule has 21 heavy (non-hydrogen) atoms. The summed E-state index contributed by atoms with van der Waals surface area (Å²) in [5.41, 5.74) is 2.00. The smallest absolute Gasteiger partial charge is 0.218 e. The fourth-order valence-corrected chi connectivity index (χ4v) is 4.33. The van der Waals surface area contributed by atoms with Gasteiger partial charge >= 0.3 is 0 Å². The van der Waals surface area contributed by atoms with E-state index in [4.69, 9.17) is 4.74 Å². The molecule has 1 heterocycles.